The van der Waals surface area contributed by atoms with Crippen molar-refractivity contribution in [2.75, 3.05) is 32.1 Å². The van der Waals surface area contributed by atoms with Gasteiger partial charge in [0, 0.05) is 29.9 Å². The lowest BCUT2D eigenvalue weighted by Gasteiger charge is -2.28. The molecule has 1 fully saturated rings. The molecule has 0 aliphatic carbocycles. The highest BCUT2D eigenvalue weighted by Crippen LogP contribution is 2.36. The smallest absolute Gasteiger partial charge is 0.238 e. The molecule has 0 bridgehead atoms. The average Bonchev–Trinajstić information content (AvgIpc) is 3.00. The number of hydrogen-bond acceptors (Lipinski definition) is 5. The maximum Gasteiger partial charge on any atom is 0.238 e. The molecule has 0 atom stereocenters. The van der Waals surface area contributed by atoms with Gasteiger partial charge in [-0.1, -0.05) is 18.2 Å². The normalized spacial score (nSPS) is 16.2. The molecule has 0 unspecified atom stereocenters. The van der Waals surface area contributed by atoms with Gasteiger partial charge in [0.15, 0.2) is 0 Å². The predicted molar refractivity (Wildman–Crippen MR) is 101 cm³/mol. The van der Waals surface area contributed by atoms with Gasteiger partial charge in [-0.3, -0.25) is 9.69 Å². The van der Waals surface area contributed by atoms with Crippen molar-refractivity contribution in [1.29, 1.82) is 0 Å². The zero-order chi connectivity index (χ0) is 18.1. The quantitative estimate of drug-likeness (QED) is 0.753. The highest BCUT2D eigenvalue weighted by atomic mass is 16.5. The lowest BCUT2D eigenvalue weighted by Crippen LogP contribution is -2.40. The van der Waals surface area contributed by atoms with Crippen LogP contribution in [0.2, 0.25) is 0 Å². The molecule has 1 aliphatic heterocycles. The molecule has 6 heteroatoms. The minimum Gasteiger partial charge on any atom is -0.495 e. The van der Waals surface area contributed by atoms with Crippen molar-refractivity contribution in [2.45, 2.75) is 18.9 Å². The topological polar surface area (TPSA) is 74.9 Å². The molecular formula is C20H22N2O4. The van der Waals surface area contributed by atoms with E-state index in [-0.39, 0.29) is 12.0 Å². The lowest BCUT2D eigenvalue weighted by atomic mass is 10.1. The largest absolute Gasteiger partial charge is 0.495 e. The number of likely N-dealkylation sites (tertiary alicyclic amines) is 1. The fourth-order valence-electron chi connectivity index (χ4n) is 3.49. The van der Waals surface area contributed by atoms with Crippen molar-refractivity contribution in [2.24, 2.45) is 0 Å². The van der Waals surface area contributed by atoms with Crippen molar-refractivity contribution < 1.29 is 19.1 Å². The second-order valence-corrected chi connectivity index (χ2v) is 6.70. The molecule has 2 N–H and O–H groups in total. The number of anilines is 1. The Bertz CT molecular complexity index is 942. The van der Waals surface area contributed by atoms with Crippen LogP contribution in [0.25, 0.3) is 21.9 Å². The van der Waals surface area contributed by atoms with Gasteiger partial charge in [-0.05, 0) is 25.0 Å². The Hall–Kier alpha value is -2.57. The first kappa shape index (κ1) is 16.9. The maximum absolute atomic E-state index is 12.4. The molecule has 0 spiro atoms. The third-order valence-electron chi connectivity index (χ3n) is 4.90. The summed E-state index contributed by atoms with van der Waals surface area (Å²) in [5.41, 5.74) is 2.12. The van der Waals surface area contributed by atoms with E-state index in [0.717, 1.165) is 29.4 Å². The molecule has 1 saturated heterocycles. The molecule has 1 aliphatic rings. The van der Waals surface area contributed by atoms with Crippen LogP contribution in [0.1, 0.15) is 12.8 Å². The van der Waals surface area contributed by atoms with Crippen molar-refractivity contribution in [3.8, 4) is 5.75 Å². The number of aliphatic hydroxyl groups is 1. The van der Waals surface area contributed by atoms with Crippen LogP contribution in [0, 0.1) is 0 Å². The third kappa shape index (κ3) is 3.25. The monoisotopic (exact) mass is 354 g/mol. The number of rotatable bonds is 4. The number of furan rings is 1. The van der Waals surface area contributed by atoms with Crippen LogP contribution in [0.4, 0.5) is 5.69 Å². The van der Waals surface area contributed by atoms with Crippen LogP contribution >= 0.6 is 0 Å². The van der Waals surface area contributed by atoms with Crippen molar-refractivity contribution in [1.82, 2.24) is 4.90 Å². The molecule has 6 nitrogen and oxygen atoms in total. The summed E-state index contributed by atoms with van der Waals surface area (Å²) in [5, 5.41) is 14.5. The Morgan fingerprint density at radius 3 is 2.77 bits per heavy atom. The first-order valence-corrected chi connectivity index (χ1v) is 8.83. The van der Waals surface area contributed by atoms with Crippen LogP contribution in [0.3, 0.4) is 0 Å². The van der Waals surface area contributed by atoms with Gasteiger partial charge < -0.3 is 19.6 Å². The number of fused-ring (bicyclic) bond motifs is 3. The van der Waals surface area contributed by atoms with Crippen molar-refractivity contribution in [3.05, 3.63) is 36.4 Å². The highest BCUT2D eigenvalue weighted by Gasteiger charge is 2.20. The molecule has 4 rings (SSSR count). The van der Waals surface area contributed by atoms with E-state index in [4.69, 9.17) is 9.15 Å². The van der Waals surface area contributed by atoms with E-state index in [1.165, 1.54) is 0 Å². The molecule has 3 aromatic rings. The van der Waals surface area contributed by atoms with Gasteiger partial charge in [0.05, 0.1) is 25.4 Å². The molecule has 0 saturated carbocycles. The van der Waals surface area contributed by atoms with Gasteiger partial charge in [0.2, 0.25) is 5.91 Å². The zero-order valence-corrected chi connectivity index (χ0v) is 14.7. The van der Waals surface area contributed by atoms with Gasteiger partial charge in [-0.15, -0.1) is 0 Å². The second kappa shape index (κ2) is 6.97. The van der Waals surface area contributed by atoms with Gasteiger partial charge in [-0.2, -0.15) is 0 Å². The number of benzene rings is 2. The van der Waals surface area contributed by atoms with Crippen LogP contribution < -0.4 is 10.1 Å². The predicted octanol–water partition coefficient (Wildman–Crippen LogP) is 2.99. The van der Waals surface area contributed by atoms with E-state index in [9.17, 15) is 9.90 Å². The number of nitrogens with one attached hydrogen (secondary N) is 1. The molecule has 136 valence electrons. The molecule has 2 heterocycles. The number of methoxy groups -OCH3 is 1. The highest BCUT2D eigenvalue weighted by molar-refractivity contribution is 6.07. The maximum atomic E-state index is 12.4. The molecule has 26 heavy (non-hydrogen) atoms. The number of carbonyl (C=O) groups excluding carboxylic acids is 1. The van der Waals surface area contributed by atoms with E-state index >= 15 is 0 Å². The first-order valence-electron chi connectivity index (χ1n) is 8.83. The summed E-state index contributed by atoms with van der Waals surface area (Å²) >= 11 is 0. The summed E-state index contributed by atoms with van der Waals surface area (Å²) in [6.07, 6.45) is 1.17. The fourth-order valence-corrected chi connectivity index (χ4v) is 3.49. The number of piperidine rings is 1. The summed E-state index contributed by atoms with van der Waals surface area (Å²) in [5.74, 6) is 0.502. The van der Waals surface area contributed by atoms with Crippen LogP contribution in [0.15, 0.2) is 40.8 Å². The Kier molecular flexibility index (Phi) is 4.53. The summed E-state index contributed by atoms with van der Waals surface area (Å²) in [6, 6.07) is 11.5. The van der Waals surface area contributed by atoms with Gasteiger partial charge in [-0.25, -0.2) is 0 Å². The number of nitrogens with zero attached hydrogens (tertiary/aromatic N) is 1. The van der Waals surface area contributed by atoms with Crippen molar-refractivity contribution in [3.63, 3.8) is 0 Å². The summed E-state index contributed by atoms with van der Waals surface area (Å²) < 4.78 is 11.4. The molecular weight excluding hydrogens is 332 g/mol. The second-order valence-electron chi connectivity index (χ2n) is 6.70. The Morgan fingerprint density at radius 1 is 1.23 bits per heavy atom. The molecule has 0 radical (unpaired) electrons. The van der Waals surface area contributed by atoms with E-state index < -0.39 is 0 Å². The number of hydrogen-bond donors (Lipinski definition) is 2. The first-order chi connectivity index (χ1) is 12.6. The molecule has 1 amide bonds. The van der Waals surface area contributed by atoms with Gasteiger partial charge >= 0.3 is 0 Å². The number of aliphatic hydroxyl groups excluding tert-OH is 1. The summed E-state index contributed by atoms with van der Waals surface area (Å²) in [4.78, 5) is 14.5. The fraction of sp³-hybridized carbons (Fsp3) is 0.350. The van der Waals surface area contributed by atoms with E-state index in [2.05, 4.69) is 5.32 Å². The molecule has 1 aromatic heterocycles. The van der Waals surface area contributed by atoms with Gasteiger partial charge in [0.25, 0.3) is 0 Å². The minimum absolute atomic E-state index is 0.102. The molecule has 2 aromatic carbocycles. The lowest BCUT2D eigenvalue weighted by molar-refractivity contribution is -0.117. The zero-order valence-electron chi connectivity index (χ0n) is 14.7. The Labute approximate surface area is 151 Å². The number of carbonyl (C=O) groups is 1. The number of amides is 1. The summed E-state index contributed by atoms with van der Waals surface area (Å²) in [6.45, 7) is 1.76. The third-order valence-corrected chi connectivity index (χ3v) is 4.90. The van der Waals surface area contributed by atoms with E-state index in [0.29, 0.717) is 36.4 Å². The Morgan fingerprint density at radius 2 is 2.00 bits per heavy atom. The standard InChI is InChI=1S/C20H22N2O4/c1-25-19-10-15-14-4-2-3-5-17(14)26-18(15)11-16(19)21-20(24)12-22-8-6-13(23)7-9-22/h2-5,10-11,13,23H,6-9,12H2,1H3,(H,21,24). The average molecular weight is 354 g/mol. The van der Waals surface area contributed by atoms with E-state index in [1.807, 2.05) is 41.3 Å². The SMILES string of the molecule is COc1cc2c(cc1NC(=O)CN1CCC(O)CC1)oc1ccccc12. The van der Waals surface area contributed by atoms with Crippen LogP contribution in [0.5, 0.6) is 5.75 Å². The van der Waals surface area contributed by atoms with Gasteiger partial charge in [0.1, 0.15) is 16.9 Å². The van der Waals surface area contributed by atoms with Crippen LogP contribution in [-0.2, 0) is 4.79 Å². The number of para-hydroxylation sites is 1. The van der Waals surface area contributed by atoms with Crippen LogP contribution in [-0.4, -0.2) is 48.8 Å². The van der Waals surface area contributed by atoms with E-state index in [1.54, 1.807) is 7.11 Å². The minimum atomic E-state index is -0.245. The summed E-state index contributed by atoms with van der Waals surface area (Å²) in [7, 11) is 1.59. The number of ether oxygens (including phenoxy) is 1. The van der Waals surface area contributed by atoms with Crippen molar-refractivity contribution >= 4 is 33.5 Å². The Balaban J connectivity index is 1.57.